The van der Waals surface area contributed by atoms with Crippen LogP contribution in [0.3, 0.4) is 0 Å². The molecule has 1 aromatic carbocycles. The van der Waals surface area contributed by atoms with Crippen LogP contribution >= 0.6 is 11.3 Å². The Bertz CT molecular complexity index is 1090. The molecule has 5 rings (SSSR count). The monoisotopic (exact) mass is 419 g/mol. The van der Waals surface area contributed by atoms with Crippen LogP contribution in [0.4, 0.5) is 5.82 Å². The van der Waals surface area contributed by atoms with Crippen molar-refractivity contribution < 1.29 is 9.90 Å². The number of phenolic OH excluding ortho intramolecular Hbond substituents is 1. The van der Waals surface area contributed by atoms with Crippen LogP contribution in [-0.4, -0.2) is 34.6 Å². The van der Waals surface area contributed by atoms with Gasteiger partial charge in [0.25, 0.3) is 0 Å². The number of carbonyl (C=O) groups excluding carboxylic acids is 1. The molecule has 1 aliphatic carbocycles. The molecule has 3 aromatic rings. The van der Waals surface area contributed by atoms with Crippen molar-refractivity contribution in [2.75, 3.05) is 11.4 Å². The summed E-state index contributed by atoms with van der Waals surface area (Å²) in [6, 6.07) is 13.7. The van der Waals surface area contributed by atoms with Gasteiger partial charge >= 0.3 is 0 Å². The fraction of sp³-hybridized carbons (Fsp3) is 0.333. The van der Waals surface area contributed by atoms with Crippen LogP contribution in [0.1, 0.15) is 31.2 Å². The minimum atomic E-state index is -0.185. The zero-order valence-corrected chi connectivity index (χ0v) is 17.8. The molecule has 0 radical (unpaired) electrons. The van der Waals surface area contributed by atoms with Crippen LogP contribution in [0.15, 0.2) is 47.8 Å². The summed E-state index contributed by atoms with van der Waals surface area (Å²) in [5, 5.41) is 15.7. The molecule has 0 bridgehead atoms. The Labute approximate surface area is 180 Å². The quantitative estimate of drug-likeness (QED) is 0.627. The van der Waals surface area contributed by atoms with Crippen LogP contribution in [0.5, 0.6) is 5.75 Å². The Hall–Kier alpha value is -2.86. The van der Waals surface area contributed by atoms with E-state index in [4.69, 9.17) is 4.98 Å². The highest BCUT2D eigenvalue weighted by atomic mass is 32.1. The standard InChI is InChI=1S/C24H25N3O2S/c1-15-10-12-30-23(15)16-13-19(18-5-2-3-7-21(18)28)26-22(14-16)27-11-4-6-20(27)24(29)25-17-8-9-17/h2-3,5,7,10,12-14,17,20,28H,4,6,8-9,11H2,1H3,(H,25,29)/t20-/m0/s1. The van der Waals surface area contributed by atoms with E-state index in [9.17, 15) is 9.90 Å². The SMILES string of the molecule is Cc1ccsc1-c1cc(-c2ccccc2O)nc(N2CCC[C@H]2C(=O)NC2CC2)c1. The number of hydrogen-bond donors (Lipinski definition) is 2. The van der Waals surface area contributed by atoms with Gasteiger partial charge in [-0.1, -0.05) is 12.1 Å². The molecule has 3 heterocycles. The second-order valence-corrected chi connectivity index (χ2v) is 9.10. The summed E-state index contributed by atoms with van der Waals surface area (Å²) in [5.41, 5.74) is 3.71. The van der Waals surface area contributed by atoms with Crippen molar-refractivity contribution in [1.29, 1.82) is 0 Å². The molecule has 1 amide bonds. The van der Waals surface area contributed by atoms with E-state index in [1.165, 1.54) is 10.4 Å². The number of phenols is 1. The largest absolute Gasteiger partial charge is 0.507 e. The van der Waals surface area contributed by atoms with E-state index in [-0.39, 0.29) is 17.7 Å². The van der Waals surface area contributed by atoms with E-state index >= 15 is 0 Å². The zero-order chi connectivity index (χ0) is 20.7. The number of aromatic nitrogens is 1. The first-order valence-electron chi connectivity index (χ1n) is 10.5. The molecule has 30 heavy (non-hydrogen) atoms. The van der Waals surface area contributed by atoms with Gasteiger partial charge in [0.05, 0.1) is 5.69 Å². The Kier molecular flexibility index (Phi) is 4.95. The van der Waals surface area contributed by atoms with Crippen molar-refractivity contribution in [3.05, 3.63) is 53.4 Å². The molecular formula is C24H25N3O2S. The zero-order valence-electron chi connectivity index (χ0n) is 17.0. The first-order valence-corrected chi connectivity index (χ1v) is 11.4. The van der Waals surface area contributed by atoms with Crippen LogP contribution in [0.25, 0.3) is 21.7 Å². The maximum atomic E-state index is 12.8. The van der Waals surface area contributed by atoms with E-state index in [1.807, 2.05) is 24.3 Å². The first-order chi connectivity index (χ1) is 14.6. The molecular weight excluding hydrogens is 394 g/mol. The molecule has 154 valence electrons. The highest BCUT2D eigenvalue weighted by Crippen LogP contribution is 2.37. The lowest BCUT2D eigenvalue weighted by molar-refractivity contribution is -0.122. The summed E-state index contributed by atoms with van der Waals surface area (Å²) < 4.78 is 0. The number of benzene rings is 1. The average molecular weight is 420 g/mol. The van der Waals surface area contributed by atoms with Gasteiger partial charge in [0.1, 0.15) is 17.6 Å². The van der Waals surface area contributed by atoms with Crippen LogP contribution in [-0.2, 0) is 4.79 Å². The van der Waals surface area contributed by atoms with Crippen molar-refractivity contribution in [1.82, 2.24) is 10.3 Å². The molecule has 1 aliphatic heterocycles. The number of pyridine rings is 1. The van der Waals surface area contributed by atoms with Gasteiger partial charge in [0, 0.05) is 23.0 Å². The number of nitrogens with one attached hydrogen (secondary N) is 1. The van der Waals surface area contributed by atoms with Crippen LogP contribution in [0.2, 0.25) is 0 Å². The number of nitrogens with zero attached hydrogens (tertiary/aromatic N) is 2. The highest BCUT2D eigenvalue weighted by Gasteiger charge is 2.35. The molecule has 6 heteroatoms. The maximum Gasteiger partial charge on any atom is 0.242 e. The molecule has 1 saturated heterocycles. The molecule has 5 nitrogen and oxygen atoms in total. The molecule has 1 atom stereocenters. The predicted molar refractivity (Wildman–Crippen MR) is 121 cm³/mol. The lowest BCUT2D eigenvalue weighted by Gasteiger charge is -2.26. The number of aryl methyl sites for hydroxylation is 1. The van der Waals surface area contributed by atoms with Gasteiger partial charge in [-0.3, -0.25) is 4.79 Å². The van der Waals surface area contributed by atoms with Crippen molar-refractivity contribution in [2.45, 2.75) is 44.7 Å². The minimum absolute atomic E-state index is 0.110. The highest BCUT2D eigenvalue weighted by molar-refractivity contribution is 7.13. The summed E-state index contributed by atoms with van der Waals surface area (Å²) >= 11 is 1.70. The number of aromatic hydroxyl groups is 1. The lowest BCUT2D eigenvalue weighted by atomic mass is 10.1. The summed E-state index contributed by atoms with van der Waals surface area (Å²) in [6.07, 6.45) is 3.98. The predicted octanol–water partition coefficient (Wildman–Crippen LogP) is 4.74. The molecule has 2 fully saturated rings. The van der Waals surface area contributed by atoms with E-state index in [1.54, 1.807) is 17.4 Å². The Morgan fingerprint density at radius 2 is 2.03 bits per heavy atom. The number of amides is 1. The molecule has 0 unspecified atom stereocenters. The number of thiophene rings is 1. The average Bonchev–Trinajstić information content (AvgIpc) is 3.24. The van der Waals surface area contributed by atoms with E-state index < -0.39 is 0 Å². The summed E-state index contributed by atoms with van der Waals surface area (Å²) in [7, 11) is 0. The van der Waals surface area contributed by atoms with Crippen molar-refractivity contribution >= 4 is 23.1 Å². The topological polar surface area (TPSA) is 65.5 Å². The van der Waals surface area contributed by atoms with Gasteiger partial charge in [0.2, 0.25) is 5.91 Å². The summed E-state index contributed by atoms with van der Waals surface area (Å²) in [4.78, 5) is 21.1. The van der Waals surface area contributed by atoms with Gasteiger partial charge in [-0.05, 0) is 79.4 Å². The number of anilines is 1. The van der Waals surface area contributed by atoms with Gasteiger partial charge in [-0.25, -0.2) is 4.98 Å². The third kappa shape index (κ3) is 3.67. The number of para-hydroxylation sites is 1. The number of hydrogen-bond acceptors (Lipinski definition) is 5. The van der Waals surface area contributed by atoms with Crippen LogP contribution in [0, 0.1) is 6.92 Å². The smallest absolute Gasteiger partial charge is 0.242 e. The van der Waals surface area contributed by atoms with Gasteiger partial charge in [-0.15, -0.1) is 11.3 Å². The fourth-order valence-corrected chi connectivity index (χ4v) is 5.05. The second-order valence-electron chi connectivity index (χ2n) is 8.18. The van der Waals surface area contributed by atoms with Gasteiger partial charge < -0.3 is 15.3 Å². The van der Waals surface area contributed by atoms with Crippen molar-refractivity contribution in [3.63, 3.8) is 0 Å². The van der Waals surface area contributed by atoms with E-state index in [0.717, 1.165) is 49.3 Å². The van der Waals surface area contributed by atoms with Gasteiger partial charge in [-0.2, -0.15) is 0 Å². The molecule has 0 spiro atoms. The molecule has 1 saturated carbocycles. The summed E-state index contributed by atoms with van der Waals surface area (Å²) in [6.45, 7) is 2.91. The number of carbonyl (C=O) groups is 1. The fourth-order valence-electron chi connectivity index (χ4n) is 4.13. The molecule has 2 aliphatic rings. The van der Waals surface area contributed by atoms with E-state index in [2.05, 4.69) is 34.7 Å². The Balaban J connectivity index is 1.58. The van der Waals surface area contributed by atoms with Gasteiger partial charge in [0.15, 0.2) is 0 Å². The normalized spacial score (nSPS) is 18.6. The second kappa shape index (κ2) is 7.76. The summed E-state index contributed by atoms with van der Waals surface area (Å²) in [5.74, 6) is 1.12. The Morgan fingerprint density at radius 3 is 2.77 bits per heavy atom. The number of rotatable bonds is 5. The first kappa shape index (κ1) is 19.1. The molecule has 2 aromatic heterocycles. The lowest BCUT2D eigenvalue weighted by Crippen LogP contribution is -2.44. The van der Waals surface area contributed by atoms with Crippen molar-refractivity contribution in [2.24, 2.45) is 0 Å². The van der Waals surface area contributed by atoms with E-state index in [0.29, 0.717) is 11.6 Å². The molecule has 2 N–H and O–H groups in total. The maximum absolute atomic E-state index is 12.8. The Morgan fingerprint density at radius 1 is 1.20 bits per heavy atom. The third-order valence-electron chi connectivity index (χ3n) is 5.89. The van der Waals surface area contributed by atoms with Crippen molar-refractivity contribution in [3.8, 4) is 27.4 Å². The van der Waals surface area contributed by atoms with Crippen LogP contribution < -0.4 is 10.2 Å². The minimum Gasteiger partial charge on any atom is -0.507 e. The third-order valence-corrected chi connectivity index (χ3v) is 6.96.